The van der Waals surface area contributed by atoms with Gasteiger partial charge in [0.25, 0.3) is 0 Å². The molecule has 92 valence electrons. The van der Waals surface area contributed by atoms with Gasteiger partial charge in [0.05, 0.1) is 0 Å². The molecule has 2 rings (SSSR count). The lowest BCUT2D eigenvalue weighted by molar-refractivity contribution is 0.226. The molecule has 4 nitrogen and oxygen atoms in total. The summed E-state index contributed by atoms with van der Waals surface area (Å²) in [5, 5.41) is 9.44. The van der Waals surface area contributed by atoms with Crippen molar-refractivity contribution in [3.8, 4) is 0 Å². The third kappa shape index (κ3) is 3.67. The predicted molar refractivity (Wildman–Crippen MR) is 64.4 cm³/mol. The van der Waals surface area contributed by atoms with E-state index in [2.05, 4.69) is 16.0 Å². The Labute approximate surface area is 97.6 Å². The van der Waals surface area contributed by atoms with Crippen molar-refractivity contribution in [2.45, 2.75) is 57.0 Å². The summed E-state index contributed by atoms with van der Waals surface area (Å²) in [6, 6.07) is 0.753. The van der Waals surface area contributed by atoms with Gasteiger partial charge < -0.3 is 16.0 Å². The van der Waals surface area contributed by atoms with Crippen LogP contribution in [-0.4, -0.2) is 31.2 Å². The van der Waals surface area contributed by atoms with Gasteiger partial charge in [0.15, 0.2) is 0 Å². The SMILES string of the molecule is O=C(NC1CCCCC1)NC1CCCNC1. The second kappa shape index (κ2) is 6.09. The minimum absolute atomic E-state index is 0.0283. The lowest BCUT2D eigenvalue weighted by Crippen LogP contribution is -2.51. The summed E-state index contributed by atoms with van der Waals surface area (Å²) in [6.07, 6.45) is 8.41. The molecule has 1 saturated carbocycles. The van der Waals surface area contributed by atoms with Crippen LogP contribution in [0.1, 0.15) is 44.9 Å². The third-order valence-corrected chi connectivity index (χ3v) is 3.57. The van der Waals surface area contributed by atoms with Gasteiger partial charge in [-0.05, 0) is 32.2 Å². The number of hydrogen-bond acceptors (Lipinski definition) is 2. The van der Waals surface area contributed by atoms with Gasteiger partial charge in [-0.15, -0.1) is 0 Å². The maximum atomic E-state index is 11.7. The molecule has 0 bridgehead atoms. The Kier molecular flexibility index (Phi) is 4.45. The number of nitrogens with one attached hydrogen (secondary N) is 3. The first-order valence-corrected chi connectivity index (χ1v) is 6.62. The molecule has 16 heavy (non-hydrogen) atoms. The summed E-state index contributed by atoms with van der Waals surface area (Å²) in [5.74, 6) is 0. The van der Waals surface area contributed by atoms with Crippen molar-refractivity contribution in [3.63, 3.8) is 0 Å². The highest BCUT2D eigenvalue weighted by molar-refractivity contribution is 5.74. The molecule has 1 unspecified atom stereocenters. The van der Waals surface area contributed by atoms with Crippen LogP contribution in [0.2, 0.25) is 0 Å². The summed E-state index contributed by atoms with van der Waals surface area (Å²) < 4.78 is 0. The normalized spacial score (nSPS) is 27.4. The van der Waals surface area contributed by atoms with E-state index in [4.69, 9.17) is 0 Å². The van der Waals surface area contributed by atoms with E-state index in [1.807, 2.05) is 0 Å². The minimum Gasteiger partial charge on any atom is -0.335 e. The van der Waals surface area contributed by atoms with Crippen molar-refractivity contribution in [1.29, 1.82) is 0 Å². The van der Waals surface area contributed by atoms with Gasteiger partial charge in [0.1, 0.15) is 0 Å². The molecular formula is C12H23N3O. The quantitative estimate of drug-likeness (QED) is 0.665. The fourth-order valence-electron chi connectivity index (χ4n) is 2.63. The standard InChI is InChI=1S/C12H23N3O/c16-12(14-10-5-2-1-3-6-10)15-11-7-4-8-13-9-11/h10-11,13H,1-9H2,(H2,14,15,16). The van der Waals surface area contributed by atoms with Gasteiger partial charge in [0.2, 0.25) is 0 Å². The molecule has 0 aromatic rings. The molecule has 0 spiro atoms. The van der Waals surface area contributed by atoms with Crippen molar-refractivity contribution in [2.24, 2.45) is 0 Å². The number of carbonyl (C=O) groups is 1. The van der Waals surface area contributed by atoms with Crippen LogP contribution in [-0.2, 0) is 0 Å². The first-order valence-electron chi connectivity index (χ1n) is 6.62. The topological polar surface area (TPSA) is 53.2 Å². The molecule has 2 aliphatic rings. The van der Waals surface area contributed by atoms with E-state index in [0.717, 1.165) is 38.8 Å². The highest BCUT2D eigenvalue weighted by atomic mass is 16.2. The summed E-state index contributed by atoms with van der Waals surface area (Å²) in [4.78, 5) is 11.7. The Bertz CT molecular complexity index is 198. The van der Waals surface area contributed by atoms with Crippen molar-refractivity contribution in [3.05, 3.63) is 0 Å². The molecule has 0 radical (unpaired) electrons. The molecule has 4 heteroatoms. The number of amides is 2. The van der Waals surface area contributed by atoms with Crippen molar-refractivity contribution in [1.82, 2.24) is 16.0 Å². The Balaban J connectivity index is 1.66. The Morgan fingerprint density at radius 1 is 0.938 bits per heavy atom. The molecule has 0 aromatic heterocycles. The Hall–Kier alpha value is -0.770. The molecule has 3 N–H and O–H groups in total. The summed E-state index contributed by atoms with van der Waals surface area (Å²) in [7, 11) is 0. The largest absolute Gasteiger partial charge is 0.335 e. The third-order valence-electron chi connectivity index (χ3n) is 3.57. The highest BCUT2D eigenvalue weighted by Gasteiger charge is 2.18. The van der Waals surface area contributed by atoms with E-state index in [1.54, 1.807) is 0 Å². The van der Waals surface area contributed by atoms with Gasteiger partial charge in [-0.1, -0.05) is 19.3 Å². The molecule has 1 aliphatic heterocycles. The van der Waals surface area contributed by atoms with Crippen LogP contribution < -0.4 is 16.0 Å². The van der Waals surface area contributed by atoms with Crippen LogP contribution in [0.25, 0.3) is 0 Å². The van der Waals surface area contributed by atoms with E-state index >= 15 is 0 Å². The Morgan fingerprint density at radius 3 is 2.31 bits per heavy atom. The maximum absolute atomic E-state index is 11.7. The zero-order valence-corrected chi connectivity index (χ0v) is 9.93. The molecular weight excluding hydrogens is 202 g/mol. The first kappa shape index (κ1) is 11.7. The predicted octanol–water partition coefficient (Wildman–Crippen LogP) is 1.37. The van der Waals surface area contributed by atoms with Crippen LogP contribution in [0.4, 0.5) is 4.79 Å². The summed E-state index contributed by atoms with van der Waals surface area (Å²) in [6.45, 7) is 2.00. The van der Waals surface area contributed by atoms with Gasteiger partial charge in [-0.2, -0.15) is 0 Å². The zero-order chi connectivity index (χ0) is 11.2. The van der Waals surface area contributed by atoms with E-state index < -0.39 is 0 Å². The molecule has 1 aliphatic carbocycles. The Morgan fingerprint density at radius 2 is 1.62 bits per heavy atom. The molecule has 0 aromatic carbocycles. The second-order valence-corrected chi connectivity index (χ2v) is 5.00. The van der Waals surface area contributed by atoms with E-state index in [0.29, 0.717) is 12.1 Å². The zero-order valence-electron chi connectivity index (χ0n) is 9.93. The van der Waals surface area contributed by atoms with Crippen LogP contribution in [0, 0.1) is 0 Å². The molecule has 1 saturated heterocycles. The van der Waals surface area contributed by atoms with E-state index in [9.17, 15) is 4.79 Å². The number of urea groups is 1. The molecule has 1 atom stereocenters. The minimum atomic E-state index is 0.0283. The van der Waals surface area contributed by atoms with Crippen LogP contribution in [0.3, 0.4) is 0 Å². The van der Waals surface area contributed by atoms with Crippen molar-refractivity contribution in [2.75, 3.05) is 13.1 Å². The number of piperidine rings is 1. The van der Waals surface area contributed by atoms with Crippen LogP contribution in [0.15, 0.2) is 0 Å². The number of rotatable bonds is 2. The smallest absolute Gasteiger partial charge is 0.315 e. The van der Waals surface area contributed by atoms with E-state index in [-0.39, 0.29) is 6.03 Å². The molecule has 1 heterocycles. The summed E-state index contributed by atoms with van der Waals surface area (Å²) >= 11 is 0. The lowest BCUT2D eigenvalue weighted by Gasteiger charge is -2.27. The molecule has 2 amide bonds. The lowest BCUT2D eigenvalue weighted by atomic mass is 9.96. The van der Waals surface area contributed by atoms with E-state index in [1.165, 1.54) is 19.3 Å². The van der Waals surface area contributed by atoms with Gasteiger partial charge in [-0.25, -0.2) is 4.79 Å². The van der Waals surface area contributed by atoms with Crippen molar-refractivity contribution >= 4 is 6.03 Å². The van der Waals surface area contributed by atoms with Crippen molar-refractivity contribution < 1.29 is 4.79 Å². The second-order valence-electron chi connectivity index (χ2n) is 5.00. The van der Waals surface area contributed by atoms with Crippen LogP contribution in [0.5, 0.6) is 0 Å². The van der Waals surface area contributed by atoms with Gasteiger partial charge in [0, 0.05) is 18.6 Å². The average Bonchev–Trinajstić information content (AvgIpc) is 2.31. The summed E-state index contributed by atoms with van der Waals surface area (Å²) in [5.41, 5.74) is 0. The maximum Gasteiger partial charge on any atom is 0.315 e. The first-order chi connectivity index (χ1) is 7.84. The van der Waals surface area contributed by atoms with Crippen LogP contribution >= 0.6 is 0 Å². The fourth-order valence-corrected chi connectivity index (χ4v) is 2.63. The average molecular weight is 225 g/mol. The number of hydrogen-bond donors (Lipinski definition) is 3. The molecule has 2 fully saturated rings. The highest BCUT2D eigenvalue weighted by Crippen LogP contribution is 2.17. The fraction of sp³-hybridized carbons (Fsp3) is 0.917. The monoisotopic (exact) mass is 225 g/mol. The number of carbonyl (C=O) groups excluding carboxylic acids is 1. The van der Waals surface area contributed by atoms with Gasteiger partial charge >= 0.3 is 6.03 Å². The van der Waals surface area contributed by atoms with Gasteiger partial charge in [-0.3, -0.25) is 0 Å².